The van der Waals surface area contributed by atoms with Crippen molar-refractivity contribution in [2.24, 2.45) is 28.6 Å². The monoisotopic (exact) mass is 420 g/mol. The third-order valence-electron chi connectivity index (χ3n) is 9.89. The van der Waals surface area contributed by atoms with Crippen molar-refractivity contribution >= 4 is 11.9 Å². The lowest BCUT2D eigenvalue weighted by molar-refractivity contribution is -0.160. The van der Waals surface area contributed by atoms with Gasteiger partial charge in [0, 0.05) is 23.2 Å². The predicted octanol–water partition coefficient (Wildman–Crippen LogP) is 2.35. The van der Waals surface area contributed by atoms with E-state index in [2.05, 4.69) is 6.92 Å². The van der Waals surface area contributed by atoms with E-state index in [1.807, 2.05) is 13.0 Å². The fourth-order valence-electron chi connectivity index (χ4n) is 8.23. The van der Waals surface area contributed by atoms with E-state index >= 15 is 0 Å². The van der Waals surface area contributed by atoms with E-state index in [1.54, 1.807) is 0 Å². The van der Waals surface area contributed by atoms with Crippen molar-refractivity contribution in [3.8, 4) is 0 Å². The summed E-state index contributed by atoms with van der Waals surface area (Å²) in [6.45, 7) is 4.19. The third-order valence-corrected chi connectivity index (χ3v) is 9.89. The molecule has 4 fully saturated rings. The van der Waals surface area contributed by atoms with Crippen molar-refractivity contribution in [1.82, 2.24) is 0 Å². The van der Waals surface area contributed by atoms with Gasteiger partial charge in [-0.1, -0.05) is 25.5 Å². The highest BCUT2D eigenvalue weighted by Gasteiger charge is 2.82. The van der Waals surface area contributed by atoms with Crippen LogP contribution in [0.1, 0.15) is 65.2 Å². The number of rotatable bonds is 4. The highest BCUT2D eigenvalue weighted by Crippen LogP contribution is 2.77. The Balaban J connectivity index is 1.58. The van der Waals surface area contributed by atoms with Crippen molar-refractivity contribution in [2.45, 2.75) is 88.6 Å². The minimum absolute atomic E-state index is 0.0265. The molecule has 1 saturated heterocycles. The number of aliphatic carboxylic acids is 2. The van der Waals surface area contributed by atoms with Crippen LogP contribution in [0.5, 0.6) is 0 Å². The molecule has 0 amide bonds. The molecular formula is C23H32O7. The van der Waals surface area contributed by atoms with Gasteiger partial charge in [0.2, 0.25) is 0 Å². The number of epoxide rings is 1. The molecule has 5 rings (SSSR count). The van der Waals surface area contributed by atoms with E-state index in [1.165, 1.54) is 0 Å². The van der Waals surface area contributed by atoms with Crippen LogP contribution in [0.4, 0.5) is 0 Å². The summed E-state index contributed by atoms with van der Waals surface area (Å²) in [4.78, 5) is 23.6. The standard InChI is InChI=1S/C23H32O7/c1-20-6-3-13(24)9-12(20)10-14(19(27)28)18-15-4-7-22(29,8-5-17(25)26)21(15,2)11-16-23(18,20)30-16/h9,13-16,18,24,29H,3-8,10-11H2,1-2H3,(H,25,26)(H,27,28)/t13?,14?,15-,16?,18-,20-,21-,22-,23+/m0/s1. The molecule has 5 aliphatic rings. The molecule has 7 nitrogen and oxygen atoms in total. The first-order chi connectivity index (χ1) is 14.0. The maximum atomic E-state index is 12.4. The second-order valence-electron chi connectivity index (χ2n) is 10.9. The Labute approximate surface area is 176 Å². The zero-order valence-electron chi connectivity index (χ0n) is 17.6. The minimum Gasteiger partial charge on any atom is -0.481 e. The van der Waals surface area contributed by atoms with E-state index in [9.17, 15) is 30.0 Å². The number of carboxylic acids is 2. The SMILES string of the molecule is C[C@]12CCC(O)C=C1CC(C(=O)O)[C@H]1[C@@H]3CC[C@](O)(CCC(=O)O)[C@@]3(C)CC3O[C@]312. The van der Waals surface area contributed by atoms with Crippen LogP contribution in [0.3, 0.4) is 0 Å². The first-order valence-electron chi connectivity index (χ1n) is 11.2. The molecule has 0 aromatic carbocycles. The topological polar surface area (TPSA) is 128 Å². The highest BCUT2D eigenvalue weighted by atomic mass is 16.6. The zero-order valence-corrected chi connectivity index (χ0v) is 17.6. The maximum absolute atomic E-state index is 12.4. The lowest BCUT2D eigenvalue weighted by Gasteiger charge is -2.58. The Morgan fingerprint density at radius 1 is 1.20 bits per heavy atom. The van der Waals surface area contributed by atoms with Gasteiger partial charge in [0.05, 0.1) is 23.7 Å². The molecule has 3 unspecified atom stereocenters. The maximum Gasteiger partial charge on any atom is 0.307 e. The molecule has 0 aromatic rings. The van der Waals surface area contributed by atoms with Crippen LogP contribution in [-0.2, 0) is 14.3 Å². The van der Waals surface area contributed by atoms with Gasteiger partial charge in [-0.3, -0.25) is 9.59 Å². The van der Waals surface area contributed by atoms with Crippen LogP contribution in [0, 0.1) is 28.6 Å². The summed E-state index contributed by atoms with van der Waals surface area (Å²) < 4.78 is 6.46. The molecule has 0 radical (unpaired) electrons. The molecule has 0 bridgehead atoms. The largest absolute Gasteiger partial charge is 0.481 e. The number of ether oxygens (including phenoxy) is 1. The van der Waals surface area contributed by atoms with Crippen LogP contribution in [0.2, 0.25) is 0 Å². The van der Waals surface area contributed by atoms with Gasteiger partial charge in [-0.15, -0.1) is 0 Å². The lowest BCUT2D eigenvalue weighted by Crippen LogP contribution is -2.63. The molecule has 4 aliphatic carbocycles. The summed E-state index contributed by atoms with van der Waals surface area (Å²) in [5.74, 6) is -2.63. The van der Waals surface area contributed by atoms with Crippen molar-refractivity contribution in [1.29, 1.82) is 0 Å². The van der Waals surface area contributed by atoms with Crippen LogP contribution in [0.25, 0.3) is 0 Å². The van der Waals surface area contributed by atoms with Crippen LogP contribution >= 0.6 is 0 Å². The molecule has 1 heterocycles. The number of carboxylic acid groups (broad SMARTS) is 2. The van der Waals surface area contributed by atoms with Gasteiger partial charge in [-0.25, -0.2) is 0 Å². The van der Waals surface area contributed by atoms with Crippen LogP contribution in [0.15, 0.2) is 11.6 Å². The Morgan fingerprint density at radius 2 is 1.93 bits per heavy atom. The van der Waals surface area contributed by atoms with Gasteiger partial charge in [-0.2, -0.15) is 0 Å². The number of fused-ring (bicyclic) bond motifs is 3. The second-order valence-corrected chi connectivity index (χ2v) is 10.9. The van der Waals surface area contributed by atoms with Crippen molar-refractivity contribution in [3.05, 3.63) is 11.6 Å². The van der Waals surface area contributed by atoms with E-state index in [0.717, 1.165) is 12.0 Å². The molecule has 3 saturated carbocycles. The second kappa shape index (κ2) is 6.08. The Hall–Kier alpha value is -1.44. The summed E-state index contributed by atoms with van der Waals surface area (Å²) in [6, 6.07) is 0. The quantitative estimate of drug-likeness (QED) is 0.406. The van der Waals surface area contributed by atoms with Crippen molar-refractivity contribution in [3.63, 3.8) is 0 Å². The number of carbonyl (C=O) groups is 2. The van der Waals surface area contributed by atoms with Gasteiger partial charge < -0.3 is 25.2 Å². The summed E-state index contributed by atoms with van der Waals surface area (Å²) in [5.41, 5.74) is -1.51. The predicted molar refractivity (Wildman–Crippen MR) is 106 cm³/mol. The van der Waals surface area contributed by atoms with Crippen molar-refractivity contribution in [2.75, 3.05) is 0 Å². The normalized spacial score (nSPS) is 53.6. The summed E-state index contributed by atoms with van der Waals surface area (Å²) >= 11 is 0. The van der Waals surface area contributed by atoms with E-state index < -0.39 is 40.6 Å². The Bertz CT molecular complexity index is 837. The minimum atomic E-state index is -1.11. The lowest BCUT2D eigenvalue weighted by atomic mass is 9.43. The fourth-order valence-corrected chi connectivity index (χ4v) is 8.23. The first kappa shape index (κ1) is 20.5. The smallest absolute Gasteiger partial charge is 0.307 e. The van der Waals surface area contributed by atoms with Crippen molar-refractivity contribution < 1.29 is 34.8 Å². The number of aliphatic hydroxyl groups is 2. The average molecular weight is 421 g/mol. The highest BCUT2D eigenvalue weighted by molar-refractivity contribution is 5.72. The Kier molecular flexibility index (Phi) is 4.15. The van der Waals surface area contributed by atoms with Gasteiger partial charge >= 0.3 is 11.9 Å². The van der Waals surface area contributed by atoms with Gasteiger partial charge in [0.1, 0.15) is 5.60 Å². The average Bonchev–Trinajstić information content (AvgIpc) is 3.32. The molecule has 4 N–H and O–H groups in total. The fraction of sp³-hybridized carbons (Fsp3) is 0.826. The van der Waals surface area contributed by atoms with E-state index in [0.29, 0.717) is 32.1 Å². The molecule has 9 atom stereocenters. The molecule has 7 heteroatoms. The number of hydrogen-bond donors (Lipinski definition) is 4. The first-order valence-corrected chi connectivity index (χ1v) is 11.2. The van der Waals surface area contributed by atoms with Crippen LogP contribution < -0.4 is 0 Å². The van der Waals surface area contributed by atoms with Gasteiger partial charge in [0.25, 0.3) is 0 Å². The third kappa shape index (κ3) is 2.32. The number of hydrogen-bond acceptors (Lipinski definition) is 5. The molecule has 0 aromatic heterocycles. The molecular weight excluding hydrogens is 388 g/mol. The van der Waals surface area contributed by atoms with Gasteiger partial charge in [0.15, 0.2) is 0 Å². The summed E-state index contributed by atoms with van der Waals surface area (Å²) in [5, 5.41) is 41.1. The summed E-state index contributed by atoms with van der Waals surface area (Å²) in [6.07, 6.45) is 4.93. The van der Waals surface area contributed by atoms with E-state index in [-0.39, 0.29) is 36.2 Å². The number of aliphatic hydroxyl groups excluding tert-OH is 1. The molecule has 166 valence electrons. The Morgan fingerprint density at radius 3 is 2.60 bits per heavy atom. The van der Waals surface area contributed by atoms with Crippen LogP contribution in [-0.4, -0.2) is 55.8 Å². The summed E-state index contributed by atoms with van der Waals surface area (Å²) in [7, 11) is 0. The zero-order chi connectivity index (χ0) is 21.7. The molecule has 30 heavy (non-hydrogen) atoms. The molecule has 1 aliphatic heterocycles. The van der Waals surface area contributed by atoms with Gasteiger partial charge in [-0.05, 0) is 50.9 Å². The molecule has 1 spiro atoms. The van der Waals surface area contributed by atoms with E-state index in [4.69, 9.17) is 4.74 Å².